The van der Waals surface area contributed by atoms with Crippen molar-refractivity contribution in [3.8, 4) is 11.4 Å². The molecule has 1 aliphatic carbocycles. The Morgan fingerprint density at radius 1 is 1.11 bits per heavy atom. The second kappa shape index (κ2) is 4.03. The molecule has 4 heteroatoms. The molecule has 1 aliphatic rings. The molecule has 0 radical (unpaired) electrons. The zero-order valence-corrected chi connectivity index (χ0v) is 11.1. The average Bonchev–Trinajstić information content (AvgIpc) is 2.92. The molecule has 2 aromatic heterocycles. The van der Waals surface area contributed by atoms with Gasteiger partial charge in [-0.25, -0.2) is 9.97 Å². The number of hydrogen-bond acceptors (Lipinski definition) is 4. The summed E-state index contributed by atoms with van der Waals surface area (Å²) in [6.07, 6.45) is 5.45. The fourth-order valence-corrected chi connectivity index (χ4v) is 3.55. The van der Waals surface area contributed by atoms with Gasteiger partial charge in [0.25, 0.3) is 0 Å². The van der Waals surface area contributed by atoms with Crippen molar-refractivity contribution >= 4 is 11.3 Å². The quantitative estimate of drug-likeness (QED) is 0.723. The van der Waals surface area contributed by atoms with E-state index in [1.165, 1.54) is 29.8 Å². The van der Waals surface area contributed by atoms with Gasteiger partial charge in [0.2, 0.25) is 0 Å². The van der Waals surface area contributed by atoms with Crippen LogP contribution in [0.25, 0.3) is 11.4 Å². The fourth-order valence-electron chi connectivity index (χ4n) is 2.46. The zero-order chi connectivity index (χ0) is 12.7. The molecule has 0 N–H and O–H groups in total. The predicted octanol–water partition coefficient (Wildman–Crippen LogP) is 3.88. The topological polar surface area (TPSA) is 38.9 Å². The summed E-state index contributed by atoms with van der Waals surface area (Å²) in [6.45, 7) is 0. The van der Waals surface area contributed by atoms with Crippen LogP contribution in [0.4, 0.5) is 0 Å². The fraction of sp³-hybridized carbons (Fsp3) is 0.200. The molecule has 0 saturated heterocycles. The van der Waals surface area contributed by atoms with Crippen molar-refractivity contribution < 1.29 is 4.42 Å². The van der Waals surface area contributed by atoms with Crippen molar-refractivity contribution in [1.82, 2.24) is 9.97 Å². The Bertz CT molecular complexity index is 684. The second-order valence-corrected chi connectivity index (χ2v) is 5.72. The Morgan fingerprint density at radius 2 is 1.95 bits per heavy atom. The van der Waals surface area contributed by atoms with Crippen LogP contribution in [-0.2, 0) is 5.41 Å². The van der Waals surface area contributed by atoms with E-state index in [-0.39, 0.29) is 5.41 Å². The third-order valence-corrected chi connectivity index (χ3v) is 4.73. The lowest BCUT2D eigenvalue weighted by molar-refractivity contribution is 0.558. The molecule has 2 heterocycles. The molecule has 0 spiro atoms. The van der Waals surface area contributed by atoms with Gasteiger partial charge in [0.15, 0.2) is 6.39 Å². The van der Waals surface area contributed by atoms with Crippen LogP contribution >= 0.6 is 11.3 Å². The van der Waals surface area contributed by atoms with Gasteiger partial charge in [-0.05, 0) is 18.4 Å². The van der Waals surface area contributed by atoms with Crippen LogP contribution in [0.2, 0.25) is 0 Å². The summed E-state index contributed by atoms with van der Waals surface area (Å²) in [4.78, 5) is 8.91. The largest absolute Gasteiger partial charge is 0.451 e. The Kier molecular flexibility index (Phi) is 2.32. The molecule has 0 atom stereocenters. The molecule has 19 heavy (non-hydrogen) atoms. The van der Waals surface area contributed by atoms with E-state index >= 15 is 0 Å². The second-order valence-electron chi connectivity index (χ2n) is 4.86. The van der Waals surface area contributed by atoms with Crippen molar-refractivity contribution in [2.45, 2.75) is 18.3 Å². The third kappa shape index (κ3) is 1.71. The van der Waals surface area contributed by atoms with Crippen LogP contribution in [0.5, 0.6) is 0 Å². The molecular weight excluding hydrogens is 256 g/mol. The zero-order valence-electron chi connectivity index (χ0n) is 10.2. The highest BCUT2D eigenvalue weighted by atomic mass is 32.1. The summed E-state index contributed by atoms with van der Waals surface area (Å²) in [7, 11) is 0. The summed E-state index contributed by atoms with van der Waals surface area (Å²) in [5.41, 5.74) is 3.24. The van der Waals surface area contributed by atoms with E-state index in [1.54, 1.807) is 17.6 Å². The Hall–Kier alpha value is -1.94. The van der Waals surface area contributed by atoms with Crippen LogP contribution in [0.1, 0.15) is 23.4 Å². The number of aromatic nitrogens is 2. The summed E-state index contributed by atoms with van der Waals surface area (Å²) in [6, 6.07) is 10.7. The Morgan fingerprint density at radius 3 is 2.63 bits per heavy atom. The number of benzene rings is 1. The molecule has 0 bridgehead atoms. The molecule has 3 aromatic rings. The lowest BCUT2D eigenvalue weighted by Crippen LogP contribution is -2.07. The van der Waals surface area contributed by atoms with Crippen molar-refractivity contribution in [2.24, 2.45) is 0 Å². The van der Waals surface area contributed by atoms with Gasteiger partial charge in [-0.2, -0.15) is 0 Å². The van der Waals surface area contributed by atoms with Gasteiger partial charge < -0.3 is 4.42 Å². The van der Waals surface area contributed by atoms with Crippen molar-refractivity contribution in [3.63, 3.8) is 0 Å². The molecular formula is C15H12N2OS. The van der Waals surface area contributed by atoms with Gasteiger partial charge in [-0.3, -0.25) is 0 Å². The van der Waals surface area contributed by atoms with Crippen LogP contribution in [0, 0.1) is 0 Å². The van der Waals surface area contributed by atoms with Crippen molar-refractivity contribution in [1.29, 1.82) is 0 Å². The van der Waals surface area contributed by atoms with Crippen molar-refractivity contribution in [2.75, 3.05) is 0 Å². The minimum absolute atomic E-state index is 0.147. The maximum Gasteiger partial charge on any atom is 0.181 e. The summed E-state index contributed by atoms with van der Waals surface area (Å²) in [5, 5.41) is 3.26. The maximum absolute atomic E-state index is 5.02. The van der Waals surface area contributed by atoms with Gasteiger partial charge in [0, 0.05) is 10.8 Å². The summed E-state index contributed by atoms with van der Waals surface area (Å²) < 4.78 is 5.02. The van der Waals surface area contributed by atoms with E-state index in [9.17, 15) is 0 Å². The normalized spacial score (nSPS) is 16.4. The Labute approximate surface area is 115 Å². The molecule has 0 aliphatic heterocycles. The van der Waals surface area contributed by atoms with Crippen LogP contribution < -0.4 is 0 Å². The Balaban J connectivity index is 1.74. The first-order valence-corrected chi connectivity index (χ1v) is 7.17. The van der Waals surface area contributed by atoms with Gasteiger partial charge >= 0.3 is 0 Å². The highest BCUT2D eigenvalue weighted by Gasteiger charge is 2.48. The monoisotopic (exact) mass is 268 g/mol. The molecule has 1 fully saturated rings. The summed E-state index contributed by atoms with van der Waals surface area (Å²) in [5.74, 6) is 0. The van der Waals surface area contributed by atoms with Gasteiger partial charge in [0.05, 0.1) is 0 Å². The van der Waals surface area contributed by atoms with E-state index in [4.69, 9.17) is 9.40 Å². The standard InChI is InChI=1S/C15H12N2OS/c1-2-4-11(5-3-1)15(6-7-15)14-17-13(9-19-14)12-8-18-10-16-12/h1-5,8-10H,6-7H2. The molecule has 0 unspecified atom stereocenters. The smallest absolute Gasteiger partial charge is 0.181 e. The van der Waals surface area contributed by atoms with Crippen LogP contribution in [0.15, 0.2) is 52.8 Å². The number of hydrogen-bond donors (Lipinski definition) is 0. The molecule has 3 nitrogen and oxygen atoms in total. The minimum atomic E-state index is 0.147. The molecule has 0 amide bonds. The number of oxazole rings is 1. The maximum atomic E-state index is 5.02. The number of rotatable bonds is 3. The van der Waals surface area contributed by atoms with Crippen LogP contribution in [-0.4, -0.2) is 9.97 Å². The van der Waals surface area contributed by atoms with E-state index in [1.807, 2.05) is 0 Å². The van der Waals surface area contributed by atoms with Crippen molar-refractivity contribution in [3.05, 3.63) is 58.9 Å². The van der Waals surface area contributed by atoms with Gasteiger partial charge in [-0.15, -0.1) is 11.3 Å². The molecule has 4 rings (SSSR count). The first-order valence-electron chi connectivity index (χ1n) is 6.29. The third-order valence-electron chi connectivity index (χ3n) is 3.68. The lowest BCUT2D eigenvalue weighted by atomic mass is 9.97. The van der Waals surface area contributed by atoms with Gasteiger partial charge in [-0.1, -0.05) is 30.3 Å². The van der Waals surface area contributed by atoms with Crippen LogP contribution in [0.3, 0.4) is 0 Å². The highest BCUT2D eigenvalue weighted by molar-refractivity contribution is 7.10. The lowest BCUT2D eigenvalue weighted by Gasteiger charge is -2.11. The predicted molar refractivity (Wildman–Crippen MR) is 74.1 cm³/mol. The van der Waals surface area contributed by atoms with E-state index in [0.29, 0.717) is 0 Å². The van der Waals surface area contributed by atoms with Gasteiger partial charge in [0.1, 0.15) is 22.7 Å². The van der Waals surface area contributed by atoms with E-state index in [0.717, 1.165) is 11.4 Å². The number of thiazole rings is 1. The van der Waals surface area contributed by atoms with E-state index < -0.39 is 0 Å². The molecule has 94 valence electrons. The number of nitrogens with zero attached hydrogens (tertiary/aromatic N) is 2. The first kappa shape index (κ1) is 10.9. The summed E-state index contributed by atoms with van der Waals surface area (Å²) >= 11 is 1.72. The first-order chi connectivity index (χ1) is 9.38. The minimum Gasteiger partial charge on any atom is -0.451 e. The highest BCUT2D eigenvalue weighted by Crippen LogP contribution is 2.54. The average molecular weight is 268 g/mol. The molecule has 1 saturated carbocycles. The molecule has 1 aromatic carbocycles. The van der Waals surface area contributed by atoms with E-state index in [2.05, 4.69) is 40.7 Å². The SMILES string of the molecule is c1ccc(C2(c3nc(-c4cocn4)cs3)CC2)cc1.